The number of thiophene rings is 1. The minimum Gasteiger partial charge on any atom is -0.495 e. The van der Waals surface area contributed by atoms with Crippen LogP contribution in [0.3, 0.4) is 0 Å². The molecule has 1 aromatic heterocycles. The Morgan fingerprint density at radius 3 is 2.41 bits per heavy atom. The van der Waals surface area contributed by atoms with E-state index in [1.165, 1.54) is 74.3 Å². The molecule has 168 valence electrons. The number of anilines is 1. The lowest BCUT2D eigenvalue weighted by molar-refractivity contribution is 0.0696. The van der Waals surface area contributed by atoms with Gasteiger partial charge in [-0.25, -0.2) is 13.2 Å². The number of hydrogen-bond donors (Lipinski definition) is 2. The fraction of sp³-hybridized carbons (Fsp3) is 0.292. The molecule has 0 amide bonds. The Bertz CT molecular complexity index is 1210. The molecule has 1 heterocycles. The summed E-state index contributed by atoms with van der Waals surface area (Å²) in [5, 5.41) is 9.12. The van der Waals surface area contributed by atoms with Crippen molar-refractivity contribution in [3.05, 3.63) is 65.7 Å². The SMILES string of the molecule is COc1cc(C(=O)O)ccc1NS(=O)(=O)c1ccc(-c2ccc(C3CCCCC3)cc2)s1. The fourth-order valence-electron chi connectivity index (χ4n) is 4.08. The zero-order valence-corrected chi connectivity index (χ0v) is 19.3. The molecule has 0 bridgehead atoms. The second-order valence-electron chi connectivity index (χ2n) is 7.90. The molecule has 0 saturated heterocycles. The Kier molecular flexibility index (Phi) is 6.53. The molecule has 3 aromatic rings. The van der Waals surface area contributed by atoms with Gasteiger partial charge in [-0.1, -0.05) is 43.5 Å². The Morgan fingerprint density at radius 1 is 1.03 bits per heavy atom. The highest BCUT2D eigenvalue weighted by Crippen LogP contribution is 2.36. The van der Waals surface area contributed by atoms with E-state index in [1.807, 2.05) is 0 Å². The highest BCUT2D eigenvalue weighted by molar-refractivity contribution is 7.94. The number of aromatic carboxylic acids is 1. The van der Waals surface area contributed by atoms with Crippen LogP contribution in [0.1, 0.15) is 53.9 Å². The minimum absolute atomic E-state index is 0.0138. The quantitative estimate of drug-likeness (QED) is 0.443. The van der Waals surface area contributed by atoms with E-state index >= 15 is 0 Å². The van der Waals surface area contributed by atoms with Crippen molar-refractivity contribution in [2.75, 3.05) is 11.8 Å². The van der Waals surface area contributed by atoms with Gasteiger partial charge in [0.2, 0.25) is 0 Å². The van der Waals surface area contributed by atoms with Gasteiger partial charge < -0.3 is 9.84 Å². The number of nitrogens with one attached hydrogen (secondary N) is 1. The van der Waals surface area contributed by atoms with Crippen LogP contribution in [-0.4, -0.2) is 26.6 Å². The second-order valence-corrected chi connectivity index (χ2v) is 10.9. The predicted octanol–water partition coefficient (Wildman–Crippen LogP) is 5.97. The molecule has 1 aliphatic rings. The van der Waals surface area contributed by atoms with E-state index in [0.717, 1.165) is 10.4 Å². The van der Waals surface area contributed by atoms with E-state index in [4.69, 9.17) is 9.84 Å². The summed E-state index contributed by atoms with van der Waals surface area (Å²) in [5.41, 5.74) is 2.54. The Morgan fingerprint density at radius 2 is 1.75 bits per heavy atom. The summed E-state index contributed by atoms with van der Waals surface area (Å²) in [5.74, 6) is -0.345. The summed E-state index contributed by atoms with van der Waals surface area (Å²) >= 11 is 1.19. The molecule has 2 N–H and O–H groups in total. The van der Waals surface area contributed by atoms with Gasteiger partial charge in [0.1, 0.15) is 9.96 Å². The van der Waals surface area contributed by atoms with E-state index < -0.39 is 16.0 Å². The minimum atomic E-state index is -3.85. The van der Waals surface area contributed by atoms with E-state index in [9.17, 15) is 13.2 Å². The van der Waals surface area contributed by atoms with Crippen molar-refractivity contribution in [3.8, 4) is 16.2 Å². The maximum absolute atomic E-state index is 12.9. The first-order chi connectivity index (χ1) is 15.4. The largest absolute Gasteiger partial charge is 0.495 e. The Balaban J connectivity index is 1.53. The monoisotopic (exact) mass is 471 g/mol. The van der Waals surface area contributed by atoms with Crippen LogP contribution in [0.4, 0.5) is 5.69 Å². The average Bonchev–Trinajstić information content (AvgIpc) is 3.31. The molecule has 0 aliphatic heterocycles. The van der Waals surface area contributed by atoms with Gasteiger partial charge in [0.25, 0.3) is 10.0 Å². The fourth-order valence-corrected chi connectivity index (χ4v) is 6.46. The third-order valence-electron chi connectivity index (χ3n) is 5.81. The second kappa shape index (κ2) is 9.34. The Labute approximate surface area is 191 Å². The van der Waals surface area contributed by atoms with E-state index in [-0.39, 0.29) is 21.2 Å². The number of hydrogen-bond acceptors (Lipinski definition) is 5. The number of benzene rings is 2. The summed E-state index contributed by atoms with van der Waals surface area (Å²) in [6, 6.07) is 15.8. The van der Waals surface area contributed by atoms with E-state index in [1.54, 1.807) is 12.1 Å². The van der Waals surface area contributed by atoms with Crippen molar-refractivity contribution in [1.82, 2.24) is 0 Å². The molecule has 4 rings (SSSR count). The van der Waals surface area contributed by atoms with Gasteiger partial charge in [-0.3, -0.25) is 4.72 Å². The lowest BCUT2D eigenvalue weighted by Crippen LogP contribution is -2.12. The van der Waals surface area contributed by atoms with Crippen LogP contribution >= 0.6 is 11.3 Å². The predicted molar refractivity (Wildman–Crippen MR) is 126 cm³/mol. The molecule has 2 aromatic carbocycles. The maximum Gasteiger partial charge on any atom is 0.335 e. The van der Waals surface area contributed by atoms with Gasteiger partial charge in [-0.05, 0) is 60.2 Å². The first kappa shape index (κ1) is 22.4. The van der Waals surface area contributed by atoms with Crippen molar-refractivity contribution in [1.29, 1.82) is 0 Å². The van der Waals surface area contributed by atoms with Crippen molar-refractivity contribution in [2.24, 2.45) is 0 Å². The van der Waals surface area contributed by atoms with E-state index in [2.05, 4.69) is 29.0 Å². The van der Waals surface area contributed by atoms with Crippen LogP contribution < -0.4 is 9.46 Å². The smallest absolute Gasteiger partial charge is 0.335 e. The molecule has 8 heteroatoms. The summed E-state index contributed by atoms with van der Waals surface area (Å²) in [6.45, 7) is 0. The summed E-state index contributed by atoms with van der Waals surface area (Å²) in [7, 11) is -2.49. The van der Waals surface area contributed by atoms with Gasteiger partial charge in [0, 0.05) is 4.88 Å². The number of carboxylic acid groups (broad SMARTS) is 1. The van der Waals surface area contributed by atoms with Crippen molar-refractivity contribution in [2.45, 2.75) is 42.2 Å². The summed E-state index contributed by atoms with van der Waals surface area (Å²) in [4.78, 5) is 12.0. The topological polar surface area (TPSA) is 92.7 Å². The molecule has 6 nitrogen and oxygen atoms in total. The molecular formula is C24H25NO5S2. The number of methoxy groups -OCH3 is 1. The number of sulfonamides is 1. The van der Waals surface area contributed by atoms with E-state index in [0.29, 0.717) is 5.92 Å². The molecular weight excluding hydrogens is 446 g/mol. The van der Waals surface area contributed by atoms with Gasteiger partial charge in [0.15, 0.2) is 0 Å². The van der Waals surface area contributed by atoms with Crippen LogP contribution in [0.25, 0.3) is 10.4 Å². The Hall–Kier alpha value is -2.84. The molecule has 1 saturated carbocycles. The lowest BCUT2D eigenvalue weighted by Gasteiger charge is -2.22. The number of ether oxygens (including phenoxy) is 1. The molecule has 0 radical (unpaired) electrons. The lowest BCUT2D eigenvalue weighted by atomic mass is 9.84. The average molecular weight is 472 g/mol. The van der Waals surface area contributed by atoms with Crippen LogP contribution in [0.5, 0.6) is 5.75 Å². The van der Waals surface area contributed by atoms with Gasteiger partial charge in [-0.2, -0.15) is 0 Å². The van der Waals surface area contributed by atoms with Crippen LogP contribution in [0.2, 0.25) is 0 Å². The number of rotatable bonds is 7. The van der Waals surface area contributed by atoms with Gasteiger partial charge in [0.05, 0.1) is 18.4 Å². The van der Waals surface area contributed by atoms with Crippen molar-refractivity contribution < 1.29 is 23.1 Å². The zero-order chi connectivity index (χ0) is 22.7. The molecule has 32 heavy (non-hydrogen) atoms. The van der Waals surface area contributed by atoms with Gasteiger partial charge in [-0.15, -0.1) is 11.3 Å². The molecule has 1 fully saturated rings. The third kappa shape index (κ3) is 4.81. The molecule has 0 spiro atoms. The first-order valence-electron chi connectivity index (χ1n) is 10.5. The zero-order valence-electron chi connectivity index (χ0n) is 17.7. The van der Waals surface area contributed by atoms with Crippen molar-refractivity contribution in [3.63, 3.8) is 0 Å². The molecule has 1 aliphatic carbocycles. The van der Waals surface area contributed by atoms with Gasteiger partial charge >= 0.3 is 5.97 Å². The van der Waals surface area contributed by atoms with Crippen LogP contribution in [0, 0.1) is 0 Å². The standard InChI is InChI=1S/C24H25NO5S2/c1-30-21-15-19(24(26)27)11-12-20(21)25-32(28,29)23-14-13-22(31-23)18-9-7-17(8-10-18)16-5-3-2-4-6-16/h7-16,25H,2-6H2,1H3,(H,26,27). The summed E-state index contributed by atoms with van der Waals surface area (Å²) in [6.07, 6.45) is 6.38. The highest BCUT2D eigenvalue weighted by atomic mass is 32.2. The number of carbonyl (C=O) groups is 1. The highest BCUT2D eigenvalue weighted by Gasteiger charge is 2.21. The molecule has 0 atom stereocenters. The van der Waals surface area contributed by atoms with Crippen LogP contribution in [-0.2, 0) is 10.0 Å². The van der Waals surface area contributed by atoms with Crippen molar-refractivity contribution >= 4 is 33.0 Å². The summed E-state index contributed by atoms with van der Waals surface area (Å²) < 4.78 is 33.7. The normalized spacial score (nSPS) is 14.8. The number of carboxylic acids is 1. The first-order valence-corrected chi connectivity index (χ1v) is 12.8. The third-order valence-corrected chi connectivity index (χ3v) is 8.80. The van der Waals surface area contributed by atoms with Crippen LogP contribution in [0.15, 0.2) is 58.8 Å². The molecule has 0 unspecified atom stereocenters. The maximum atomic E-state index is 12.9.